The van der Waals surface area contributed by atoms with E-state index < -0.39 is 0 Å². The summed E-state index contributed by atoms with van der Waals surface area (Å²) in [5, 5.41) is 9.55. The summed E-state index contributed by atoms with van der Waals surface area (Å²) in [6, 6.07) is 1.85. The summed E-state index contributed by atoms with van der Waals surface area (Å²) in [6.45, 7) is 2.66. The van der Waals surface area contributed by atoms with Crippen LogP contribution in [0.15, 0.2) is 6.07 Å². The Hall–Kier alpha value is -1.36. The van der Waals surface area contributed by atoms with Crippen molar-refractivity contribution in [2.75, 3.05) is 11.9 Å². The molecule has 1 aromatic heterocycles. The number of rotatable bonds is 6. The summed E-state index contributed by atoms with van der Waals surface area (Å²) in [5.41, 5.74) is 6.36. The molecule has 5 nitrogen and oxygen atoms in total. The van der Waals surface area contributed by atoms with E-state index in [0.717, 1.165) is 25.0 Å². The Morgan fingerprint density at radius 2 is 2.40 bits per heavy atom. The maximum atomic E-state index is 11.4. The zero-order chi connectivity index (χ0) is 11.1. The zero-order valence-electron chi connectivity index (χ0n) is 9.05. The van der Waals surface area contributed by atoms with Crippen molar-refractivity contribution in [3.05, 3.63) is 11.8 Å². The van der Waals surface area contributed by atoms with E-state index in [4.69, 9.17) is 5.73 Å². The first kappa shape index (κ1) is 11.7. The van der Waals surface area contributed by atoms with Crippen molar-refractivity contribution >= 4 is 11.7 Å². The SMILES string of the molecule is CCc1cc(NC(=O)CCCCN)n[nH]1. The lowest BCUT2D eigenvalue weighted by Crippen LogP contribution is -2.12. The highest BCUT2D eigenvalue weighted by molar-refractivity contribution is 5.89. The van der Waals surface area contributed by atoms with Gasteiger partial charge in [-0.05, 0) is 25.8 Å². The van der Waals surface area contributed by atoms with E-state index in [2.05, 4.69) is 15.5 Å². The topological polar surface area (TPSA) is 83.8 Å². The fourth-order valence-electron chi connectivity index (χ4n) is 1.24. The van der Waals surface area contributed by atoms with E-state index >= 15 is 0 Å². The van der Waals surface area contributed by atoms with E-state index in [9.17, 15) is 4.79 Å². The van der Waals surface area contributed by atoms with Crippen LogP contribution in [-0.2, 0) is 11.2 Å². The third kappa shape index (κ3) is 4.12. The predicted octanol–water partition coefficient (Wildman–Crippen LogP) is 1.04. The molecule has 0 saturated carbocycles. The Labute approximate surface area is 89.4 Å². The number of aromatic nitrogens is 2. The summed E-state index contributed by atoms with van der Waals surface area (Å²) in [5.74, 6) is 0.599. The maximum absolute atomic E-state index is 11.4. The molecule has 0 spiro atoms. The van der Waals surface area contributed by atoms with Crippen LogP contribution in [0.25, 0.3) is 0 Å². The van der Waals surface area contributed by atoms with Crippen molar-refractivity contribution < 1.29 is 4.79 Å². The standard InChI is InChI=1S/C10H18N4O/c1-2-8-7-9(14-13-8)12-10(15)5-3-4-6-11/h7H,2-6,11H2,1H3,(H2,12,13,14,15). The van der Waals surface area contributed by atoms with E-state index in [-0.39, 0.29) is 5.91 Å². The van der Waals surface area contributed by atoms with Crippen LogP contribution in [0.1, 0.15) is 31.9 Å². The number of carbonyl (C=O) groups excluding carboxylic acids is 1. The van der Waals surface area contributed by atoms with Gasteiger partial charge in [-0.15, -0.1) is 0 Å². The van der Waals surface area contributed by atoms with Crippen molar-refractivity contribution in [1.29, 1.82) is 0 Å². The minimum atomic E-state index is -0.00222. The number of nitrogens with zero attached hydrogens (tertiary/aromatic N) is 1. The van der Waals surface area contributed by atoms with E-state index in [1.807, 2.05) is 13.0 Å². The molecular formula is C10H18N4O. The highest BCUT2D eigenvalue weighted by Gasteiger charge is 2.04. The number of aromatic amines is 1. The van der Waals surface area contributed by atoms with Crippen LogP contribution in [0, 0.1) is 0 Å². The Bertz CT molecular complexity index is 308. The largest absolute Gasteiger partial charge is 0.330 e. The lowest BCUT2D eigenvalue weighted by Gasteiger charge is -2.00. The predicted molar refractivity (Wildman–Crippen MR) is 59.5 cm³/mol. The molecule has 1 rings (SSSR count). The number of hydrogen-bond acceptors (Lipinski definition) is 3. The number of carbonyl (C=O) groups is 1. The second-order valence-electron chi connectivity index (χ2n) is 3.43. The van der Waals surface area contributed by atoms with Crippen molar-refractivity contribution in [2.24, 2.45) is 5.73 Å². The van der Waals surface area contributed by atoms with Crippen molar-refractivity contribution in [2.45, 2.75) is 32.6 Å². The molecule has 0 unspecified atom stereocenters. The molecule has 1 aromatic rings. The summed E-state index contributed by atoms with van der Waals surface area (Å²) in [4.78, 5) is 11.4. The van der Waals surface area contributed by atoms with Crippen LogP contribution in [-0.4, -0.2) is 22.6 Å². The van der Waals surface area contributed by atoms with Crippen LogP contribution >= 0.6 is 0 Å². The summed E-state index contributed by atoms with van der Waals surface area (Å²) in [6.07, 6.45) is 3.10. The monoisotopic (exact) mass is 210 g/mol. The first-order valence-corrected chi connectivity index (χ1v) is 5.30. The molecule has 0 aliphatic rings. The third-order valence-corrected chi connectivity index (χ3v) is 2.14. The first-order valence-electron chi connectivity index (χ1n) is 5.30. The Morgan fingerprint density at radius 3 is 3.00 bits per heavy atom. The fourth-order valence-corrected chi connectivity index (χ4v) is 1.24. The van der Waals surface area contributed by atoms with Crippen molar-refractivity contribution in [3.8, 4) is 0 Å². The molecule has 15 heavy (non-hydrogen) atoms. The minimum absolute atomic E-state index is 0.00222. The Balaban J connectivity index is 2.31. The average Bonchev–Trinajstić information content (AvgIpc) is 2.66. The molecule has 0 aliphatic carbocycles. The first-order chi connectivity index (χ1) is 7.26. The highest BCUT2D eigenvalue weighted by Crippen LogP contribution is 2.06. The van der Waals surface area contributed by atoms with Gasteiger partial charge in [-0.3, -0.25) is 9.89 Å². The normalized spacial score (nSPS) is 10.3. The van der Waals surface area contributed by atoms with Crippen LogP contribution in [0.5, 0.6) is 0 Å². The maximum Gasteiger partial charge on any atom is 0.225 e. The van der Waals surface area contributed by atoms with Gasteiger partial charge in [0, 0.05) is 18.2 Å². The lowest BCUT2D eigenvalue weighted by atomic mass is 10.2. The van der Waals surface area contributed by atoms with Crippen molar-refractivity contribution in [3.63, 3.8) is 0 Å². The Kier molecular flexibility index (Phi) is 4.83. The fraction of sp³-hybridized carbons (Fsp3) is 0.600. The molecule has 0 saturated heterocycles. The molecule has 0 bridgehead atoms. The minimum Gasteiger partial charge on any atom is -0.330 e. The number of anilines is 1. The van der Waals surface area contributed by atoms with Crippen LogP contribution in [0.3, 0.4) is 0 Å². The molecule has 0 atom stereocenters. The second kappa shape index (κ2) is 6.19. The second-order valence-corrected chi connectivity index (χ2v) is 3.43. The average molecular weight is 210 g/mol. The van der Waals surface area contributed by atoms with Gasteiger partial charge >= 0.3 is 0 Å². The molecule has 0 fully saturated rings. The van der Waals surface area contributed by atoms with Gasteiger partial charge in [-0.25, -0.2) is 0 Å². The lowest BCUT2D eigenvalue weighted by molar-refractivity contribution is -0.116. The molecule has 1 amide bonds. The molecule has 0 radical (unpaired) electrons. The number of hydrogen-bond donors (Lipinski definition) is 3. The van der Waals surface area contributed by atoms with Gasteiger partial charge in [0.05, 0.1) is 0 Å². The number of amides is 1. The number of unbranched alkanes of at least 4 members (excludes halogenated alkanes) is 1. The molecular weight excluding hydrogens is 192 g/mol. The van der Waals surface area contributed by atoms with Gasteiger partial charge in [0.25, 0.3) is 0 Å². The third-order valence-electron chi connectivity index (χ3n) is 2.14. The summed E-state index contributed by atoms with van der Waals surface area (Å²) in [7, 11) is 0. The van der Waals surface area contributed by atoms with E-state index in [1.54, 1.807) is 0 Å². The van der Waals surface area contributed by atoms with Gasteiger partial charge in [0.2, 0.25) is 5.91 Å². The molecule has 0 aromatic carbocycles. The molecule has 1 heterocycles. The van der Waals surface area contributed by atoms with Gasteiger partial charge in [0.1, 0.15) is 0 Å². The van der Waals surface area contributed by atoms with Gasteiger partial charge in [-0.2, -0.15) is 5.10 Å². The van der Waals surface area contributed by atoms with Crippen LogP contribution < -0.4 is 11.1 Å². The van der Waals surface area contributed by atoms with Crippen LogP contribution in [0.2, 0.25) is 0 Å². The smallest absolute Gasteiger partial charge is 0.225 e. The summed E-state index contributed by atoms with van der Waals surface area (Å²) < 4.78 is 0. The molecule has 4 N–H and O–H groups in total. The molecule has 5 heteroatoms. The number of aryl methyl sites for hydroxylation is 1. The zero-order valence-corrected chi connectivity index (χ0v) is 9.05. The summed E-state index contributed by atoms with van der Waals surface area (Å²) >= 11 is 0. The van der Waals surface area contributed by atoms with Gasteiger partial charge in [-0.1, -0.05) is 6.92 Å². The van der Waals surface area contributed by atoms with Crippen LogP contribution in [0.4, 0.5) is 5.82 Å². The highest BCUT2D eigenvalue weighted by atomic mass is 16.1. The van der Waals surface area contributed by atoms with Crippen molar-refractivity contribution in [1.82, 2.24) is 10.2 Å². The quantitative estimate of drug-likeness (QED) is 0.613. The Morgan fingerprint density at radius 1 is 1.60 bits per heavy atom. The van der Waals surface area contributed by atoms with Gasteiger partial charge < -0.3 is 11.1 Å². The van der Waals surface area contributed by atoms with E-state index in [1.165, 1.54) is 0 Å². The molecule has 84 valence electrons. The number of nitrogens with two attached hydrogens (primary N) is 1. The molecule has 0 aliphatic heterocycles. The van der Waals surface area contributed by atoms with E-state index in [0.29, 0.717) is 18.8 Å². The number of H-pyrrole nitrogens is 1. The number of nitrogens with one attached hydrogen (secondary N) is 2. The van der Waals surface area contributed by atoms with Gasteiger partial charge in [0.15, 0.2) is 5.82 Å².